The summed E-state index contributed by atoms with van der Waals surface area (Å²) >= 11 is 3.29. The van der Waals surface area contributed by atoms with Gasteiger partial charge in [-0.3, -0.25) is 0 Å². The van der Waals surface area contributed by atoms with E-state index in [0.29, 0.717) is 24.0 Å². The lowest BCUT2D eigenvalue weighted by Crippen LogP contribution is -2.29. The Kier molecular flexibility index (Phi) is 6.55. The molecule has 8 nitrogen and oxygen atoms in total. The van der Waals surface area contributed by atoms with Gasteiger partial charge < -0.3 is 10.6 Å². The van der Waals surface area contributed by atoms with Crippen molar-refractivity contribution in [3.63, 3.8) is 0 Å². The van der Waals surface area contributed by atoms with Crippen LogP contribution in [0.3, 0.4) is 0 Å². The van der Waals surface area contributed by atoms with Crippen molar-refractivity contribution >= 4 is 43.4 Å². The fourth-order valence-corrected chi connectivity index (χ4v) is 3.63. The molecule has 1 aromatic carbocycles. The van der Waals surface area contributed by atoms with Gasteiger partial charge in [0.1, 0.15) is 23.8 Å². The van der Waals surface area contributed by atoms with Crippen LogP contribution < -0.4 is 15.4 Å². The summed E-state index contributed by atoms with van der Waals surface area (Å²) in [6.07, 6.45) is 3.14. The summed E-state index contributed by atoms with van der Waals surface area (Å²) in [5.41, 5.74) is 1.09. The molecule has 0 atom stereocenters. The predicted molar refractivity (Wildman–Crippen MR) is 112 cm³/mol. The van der Waals surface area contributed by atoms with Gasteiger partial charge in [-0.25, -0.2) is 28.1 Å². The molecular weight excluding hydrogens is 444 g/mol. The Bertz CT molecular complexity index is 1040. The third-order valence-electron chi connectivity index (χ3n) is 3.69. The van der Waals surface area contributed by atoms with Gasteiger partial charge in [-0.05, 0) is 48.9 Å². The Balaban J connectivity index is 1.53. The zero-order valence-electron chi connectivity index (χ0n) is 15.1. The number of nitrogens with one attached hydrogen (secondary N) is 3. The van der Waals surface area contributed by atoms with Crippen molar-refractivity contribution in [2.75, 3.05) is 23.7 Å². The molecule has 146 valence electrons. The first kappa shape index (κ1) is 20.2. The van der Waals surface area contributed by atoms with E-state index in [0.717, 1.165) is 10.0 Å². The van der Waals surface area contributed by atoms with Crippen molar-refractivity contribution in [2.45, 2.75) is 11.8 Å². The standard InChI is InChI=1S/C18H19BrN6O2S/c1-13-6-7-20-17(10-13)25-18-11-16(22-12-23-18)21-8-9-24-28(26,27)15-4-2-14(19)3-5-15/h2-7,10-12,24H,8-9H2,1H3,(H2,20,21,22,23,25). The van der Waals surface area contributed by atoms with Crippen LogP contribution in [0.1, 0.15) is 5.56 Å². The van der Waals surface area contributed by atoms with E-state index in [1.54, 1.807) is 36.5 Å². The molecule has 0 unspecified atom stereocenters. The second-order valence-electron chi connectivity index (χ2n) is 5.91. The molecule has 28 heavy (non-hydrogen) atoms. The van der Waals surface area contributed by atoms with Crippen LogP contribution in [0.15, 0.2) is 64.4 Å². The largest absolute Gasteiger partial charge is 0.369 e. The topological polar surface area (TPSA) is 109 Å². The molecular formula is C18H19BrN6O2S. The molecule has 2 heterocycles. The average Bonchev–Trinajstić information content (AvgIpc) is 2.66. The van der Waals surface area contributed by atoms with Crippen LogP contribution >= 0.6 is 15.9 Å². The van der Waals surface area contributed by atoms with E-state index in [2.05, 4.69) is 46.2 Å². The van der Waals surface area contributed by atoms with Crippen molar-refractivity contribution in [1.29, 1.82) is 0 Å². The smallest absolute Gasteiger partial charge is 0.240 e. The van der Waals surface area contributed by atoms with Gasteiger partial charge >= 0.3 is 0 Å². The van der Waals surface area contributed by atoms with Gasteiger partial charge in [0, 0.05) is 29.8 Å². The Hall–Kier alpha value is -2.56. The van der Waals surface area contributed by atoms with E-state index >= 15 is 0 Å². The van der Waals surface area contributed by atoms with E-state index in [9.17, 15) is 8.42 Å². The molecule has 0 aliphatic heterocycles. The molecule has 2 aromatic heterocycles. The molecule has 3 aromatic rings. The van der Waals surface area contributed by atoms with Crippen LogP contribution in [0.4, 0.5) is 17.5 Å². The number of rotatable bonds is 8. The van der Waals surface area contributed by atoms with Crippen molar-refractivity contribution in [3.05, 3.63) is 65.0 Å². The van der Waals surface area contributed by atoms with E-state index in [4.69, 9.17) is 0 Å². The van der Waals surface area contributed by atoms with E-state index in [1.807, 2.05) is 19.1 Å². The van der Waals surface area contributed by atoms with Crippen molar-refractivity contribution in [3.8, 4) is 0 Å². The van der Waals surface area contributed by atoms with Gasteiger partial charge in [0.05, 0.1) is 4.90 Å². The summed E-state index contributed by atoms with van der Waals surface area (Å²) in [4.78, 5) is 12.7. The van der Waals surface area contributed by atoms with Crippen LogP contribution in [0.2, 0.25) is 0 Å². The van der Waals surface area contributed by atoms with Crippen LogP contribution in [0.5, 0.6) is 0 Å². The number of sulfonamides is 1. The fourth-order valence-electron chi connectivity index (χ4n) is 2.33. The highest BCUT2D eigenvalue weighted by atomic mass is 79.9. The maximum Gasteiger partial charge on any atom is 0.240 e. The van der Waals surface area contributed by atoms with Gasteiger partial charge in [-0.2, -0.15) is 0 Å². The summed E-state index contributed by atoms with van der Waals surface area (Å²) in [6.45, 7) is 2.56. The number of aromatic nitrogens is 3. The van der Waals surface area contributed by atoms with Crippen LogP contribution in [0, 0.1) is 6.92 Å². The molecule has 0 radical (unpaired) electrons. The number of pyridine rings is 1. The van der Waals surface area contributed by atoms with E-state index in [-0.39, 0.29) is 11.4 Å². The number of hydrogen-bond acceptors (Lipinski definition) is 7. The highest BCUT2D eigenvalue weighted by molar-refractivity contribution is 9.10. The average molecular weight is 463 g/mol. The van der Waals surface area contributed by atoms with Gasteiger partial charge in [0.15, 0.2) is 0 Å². The lowest BCUT2D eigenvalue weighted by molar-refractivity contribution is 0.583. The summed E-state index contributed by atoms with van der Waals surface area (Å²) in [7, 11) is -3.55. The number of anilines is 3. The molecule has 0 aliphatic carbocycles. The summed E-state index contributed by atoms with van der Waals surface area (Å²) in [5, 5.41) is 6.18. The number of hydrogen-bond donors (Lipinski definition) is 3. The van der Waals surface area contributed by atoms with Crippen LogP contribution in [0.25, 0.3) is 0 Å². The molecule has 0 spiro atoms. The van der Waals surface area contributed by atoms with Gasteiger partial charge in [-0.1, -0.05) is 15.9 Å². The summed E-state index contributed by atoms with van der Waals surface area (Å²) < 4.78 is 27.9. The first-order valence-electron chi connectivity index (χ1n) is 8.43. The minimum atomic E-state index is -3.55. The molecule has 0 aliphatic rings. The zero-order valence-corrected chi connectivity index (χ0v) is 17.5. The number of nitrogens with zero attached hydrogens (tertiary/aromatic N) is 3. The van der Waals surface area contributed by atoms with Crippen molar-refractivity contribution in [2.24, 2.45) is 0 Å². The van der Waals surface area contributed by atoms with Gasteiger partial charge in [0.25, 0.3) is 0 Å². The Labute approximate surface area is 172 Å². The first-order chi connectivity index (χ1) is 13.4. The highest BCUT2D eigenvalue weighted by Crippen LogP contribution is 2.16. The normalized spacial score (nSPS) is 11.2. The molecule has 0 saturated carbocycles. The minimum absolute atomic E-state index is 0.213. The van der Waals surface area contributed by atoms with Gasteiger partial charge in [-0.15, -0.1) is 0 Å². The maximum atomic E-state index is 12.2. The number of aryl methyl sites for hydroxylation is 1. The zero-order chi connectivity index (χ0) is 20.0. The van der Waals surface area contributed by atoms with E-state index < -0.39 is 10.0 Å². The second kappa shape index (κ2) is 9.09. The third-order valence-corrected chi connectivity index (χ3v) is 5.69. The monoisotopic (exact) mass is 462 g/mol. The predicted octanol–water partition coefficient (Wildman–Crippen LogP) is 3.08. The molecule has 0 fully saturated rings. The molecule has 0 bridgehead atoms. The summed E-state index contributed by atoms with van der Waals surface area (Å²) in [5.74, 6) is 1.85. The minimum Gasteiger partial charge on any atom is -0.369 e. The Morgan fingerprint density at radius 1 is 0.929 bits per heavy atom. The van der Waals surface area contributed by atoms with Crippen LogP contribution in [-0.4, -0.2) is 36.5 Å². The van der Waals surface area contributed by atoms with Crippen molar-refractivity contribution in [1.82, 2.24) is 19.7 Å². The number of halogens is 1. The molecule has 0 saturated heterocycles. The molecule has 0 amide bonds. The lowest BCUT2D eigenvalue weighted by Gasteiger charge is -2.10. The van der Waals surface area contributed by atoms with E-state index in [1.165, 1.54) is 6.33 Å². The quantitative estimate of drug-likeness (QED) is 0.441. The molecule has 3 rings (SSSR count). The third kappa shape index (κ3) is 5.72. The molecule has 3 N–H and O–H groups in total. The maximum absolute atomic E-state index is 12.2. The van der Waals surface area contributed by atoms with Gasteiger partial charge in [0.2, 0.25) is 10.0 Å². The van der Waals surface area contributed by atoms with Crippen molar-refractivity contribution < 1.29 is 8.42 Å². The first-order valence-corrected chi connectivity index (χ1v) is 10.7. The Morgan fingerprint density at radius 2 is 1.64 bits per heavy atom. The molecule has 10 heteroatoms. The van der Waals surface area contributed by atoms with Crippen LogP contribution in [-0.2, 0) is 10.0 Å². The SMILES string of the molecule is Cc1ccnc(Nc2cc(NCCNS(=O)(=O)c3ccc(Br)cc3)ncn2)c1. The Morgan fingerprint density at radius 3 is 2.39 bits per heavy atom. The second-order valence-corrected chi connectivity index (χ2v) is 8.59. The fraction of sp³-hybridized carbons (Fsp3) is 0.167. The lowest BCUT2D eigenvalue weighted by atomic mass is 10.3. The highest BCUT2D eigenvalue weighted by Gasteiger charge is 2.12. The summed E-state index contributed by atoms with van der Waals surface area (Å²) in [6, 6.07) is 12.0. The number of benzene rings is 1.